The molecule has 1 aromatic rings. The zero-order valence-electron chi connectivity index (χ0n) is 10.1. The van der Waals surface area contributed by atoms with Crippen LogP contribution in [0.3, 0.4) is 0 Å². The highest BCUT2D eigenvalue weighted by Gasteiger charge is 2.05. The Labute approximate surface area is 96.8 Å². The van der Waals surface area contributed by atoms with E-state index in [0.717, 1.165) is 12.2 Å². The number of hydrogen-bond donors (Lipinski definition) is 1. The molecule has 0 radical (unpaired) electrons. The Bertz CT molecular complexity index is 350. The lowest BCUT2D eigenvalue weighted by Gasteiger charge is -2.13. The molecular formula is C13H19NO2. The molecule has 0 aliphatic rings. The van der Waals surface area contributed by atoms with Crippen molar-refractivity contribution < 1.29 is 9.53 Å². The van der Waals surface area contributed by atoms with E-state index in [9.17, 15) is 4.79 Å². The molecule has 1 N–H and O–H groups in total. The normalized spacial score (nSPS) is 11.9. The summed E-state index contributed by atoms with van der Waals surface area (Å²) in [4.78, 5) is 10.9. The third kappa shape index (κ3) is 4.34. The van der Waals surface area contributed by atoms with Crippen LogP contribution in [0.15, 0.2) is 24.3 Å². The number of rotatable bonds is 5. The minimum absolute atomic E-state index is 0.00784. The van der Waals surface area contributed by atoms with Gasteiger partial charge in [-0.1, -0.05) is 12.1 Å². The van der Waals surface area contributed by atoms with E-state index in [1.54, 1.807) is 0 Å². The molecule has 1 unspecified atom stereocenters. The SMILES string of the molecule is CCOc1cccc(CC(C)NC(C)=O)c1. The average Bonchev–Trinajstić information content (AvgIpc) is 2.17. The predicted octanol–water partition coefficient (Wildman–Crippen LogP) is 2.15. The lowest BCUT2D eigenvalue weighted by molar-refractivity contribution is -0.119. The first-order valence-corrected chi connectivity index (χ1v) is 5.60. The molecule has 0 spiro atoms. The molecule has 0 aliphatic heterocycles. The fourth-order valence-corrected chi connectivity index (χ4v) is 1.68. The highest BCUT2D eigenvalue weighted by Crippen LogP contribution is 2.14. The number of carbonyl (C=O) groups excluding carboxylic acids is 1. The Kier molecular flexibility index (Phi) is 4.83. The van der Waals surface area contributed by atoms with E-state index >= 15 is 0 Å². The monoisotopic (exact) mass is 221 g/mol. The fourth-order valence-electron chi connectivity index (χ4n) is 1.68. The molecule has 88 valence electrons. The largest absolute Gasteiger partial charge is 0.494 e. The zero-order valence-corrected chi connectivity index (χ0v) is 10.1. The number of benzene rings is 1. The second-order valence-electron chi connectivity index (χ2n) is 3.89. The van der Waals surface area contributed by atoms with Crippen LogP contribution in [0.1, 0.15) is 26.3 Å². The Balaban J connectivity index is 2.59. The number of amides is 1. The molecule has 1 amide bonds. The summed E-state index contributed by atoms with van der Waals surface area (Å²) in [5.41, 5.74) is 1.17. The van der Waals surface area contributed by atoms with Crippen molar-refractivity contribution in [1.82, 2.24) is 5.32 Å². The van der Waals surface area contributed by atoms with Crippen molar-refractivity contribution >= 4 is 5.91 Å². The highest BCUT2D eigenvalue weighted by molar-refractivity contribution is 5.73. The molecule has 0 aliphatic carbocycles. The number of hydrogen-bond acceptors (Lipinski definition) is 2. The van der Waals surface area contributed by atoms with Crippen molar-refractivity contribution in [2.75, 3.05) is 6.61 Å². The van der Waals surface area contributed by atoms with Gasteiger partial charge < -0.3 is 10.1 Å². The number of carbonyl (C=O) groups is 1. The summed E-state index contributed by atoms with van der Waals surface area (Å²) in [6.45, 7) is 6.17. The molecule has 1 rings (SSSR count). The summed E-state index contributed by atoms with van der Waals surface area (Å²) in [6.07, 6.45) is 0.820. The molecule has 0 fully saturated rings. The molecule has 0 aromatic heterocycles. The second-order valence-corrected chi connectivity index (χ2v) is 3.89. The molecule has 0 saturated heterocycles. The first-order chi connectivity index (χ1) is 7.61. The third-order valence-electron chi connectivity index (χ3n) is 2.20. The van der Waals surface area contributed by atoms with E-state index in [1.165, 1.54) is 12.5 Å². The summed E-state index contributed by atoms with van der Waals surface area (Å²) in [6, 6.07) is 8.12. The molecule has 3 nitrogen and oxygen atoms in total. The van der Waals surface area contributed by atoms with Crippen LogP contribution in [0.5, 0.6) is 5.75 Å². The Morgan fingerprint density at radius 3 is 2.88 bits per heavy atom. The van der Waals surface area contributed by atoms with E-state index in [-0.39, 0.29) is 11.9 Å². The van der Waals surface area contributed by atoms with Crippen molar-refractivity contribution in [3.8, 4) is 5.75 Å². The first kappa shape index (κ1) is 12.6. The van der Waals surface area contributed by atoms with Crippen LogP contribution in [0, 0.1) is 0 Å². The Morgan fingerprint density at radius 2 is 2.25 bits per heavy atom. The highest BCUT2D eigenvalue weighted by atomic mass is 16.5. The van der Waals surface area contributed by atoms with E-state index < -0.39 is 0 Å². The van der Waals surface area contributed by atoms with Crippen molar-refractivity contribution in [1.29, 1.82) is 0 Å². The van der Waals surface area contributed by atoms with Crippen LogP contribution in [-0.2, 0) is 11.2 Å². The maximum Gasteiger partial charge on any atom is 0.217 e. The molecule has 0 saturated carbocycles. The summed E-state index contributed by atoms with van der Waals surface area (Å²) in [7, 11) is 0. The van der Waals surface area contributed by atoms with Crippen LogP contribution in [0.2, 0.25) is 0 Å². The van der Waals surface area contributed by atoms with Crippen molar-refractivity contribution in [3.05, 3.63) is 29.8 Å². The molecule has 1 atom stereocenters. The van der Waals surface area contributed by atoms with Gasteiger partial charge in [-0.3, -0.25) is 4.79 Å². The Hall–Kier alpha value is -1.51. The van der Waals surface area contributed by atoms with Gasteiger partial charge in [0.2, 0.25) is 5.91 Å². The quantitative estimate of drug-likeness (QED) is 0.827. The van der Waals surface area contributed by atoms with Crippen molar-refractivity contribution in [2.24, 2.45) is 0 Å². The maximum atomic E-state index is 10.9. The summed E-state index contributed by atoms with van der Waals surface area (Å²) in [5.74, 6) is 0.892. The van der Waals surface area contributed by atoms with Gasteiger partial charge in [0.05, 0.1) is 6.61 Å². The van der Waals surface area contributed by atoms with E-state index in [4.69, 9.17) is 4.74 Å². The van der Waals surface area contributed by atoms with Gasteiger partial charge in [-0.2, -0.15) is 0 Å². The lowest BCUT2D eigenvalue weighted by atomic mass is 10.1. The maximum absolute atomic E-state index is 10.9. The van der Waals surface area contributed by atoms with Gasteiger partial charge in [0, 0.05) is 13.0 Å². The smallest absolute Gasteiger partial charge is 0.217 e. The molecule has 16 heavy (non-hydrogen) atoms. The third-order valence-corrected chi connectivity index (χ3v) is 2.20. The van der Waals surface area contributed by atoms with Gasteiger partial charge >= 0.3 is 0 Å². The van der Waals surface area contributed by atoms with Crippen LogP contribution in [0.25, 0.3) is 0 Å². The van der Waals surface area contributed by atoms with Gasteiger partial charge in [0.1, 0.15) is 5.75 Å². The molecule has 0 heterocycles. The van der Waals surface area contributed by atoms with Gasteiger partial charge in [0.15, 0.2) is 0 Å². The molecule has 3 heteroatoms. The van der Waals surface area contributed by atoms with Gasteiger partial charge in [-0.25, -0.2) is 0 Å². The average molecular weight is 221 g/mol. The van der Waals surface area contributed by atoms with Crippen molar-refractivity contribution in [3.63, 3.8) is 0 Å². The summed E-state index contributed by atoms with van der Waals surface area (Å²) < 4.78 is 5.42. The predicted molar refractivity (Wildman–Crippen MR) is 64.6 cm³/mol. The van der Waals surface area contributed by atoms with Gasteiger partial charge in [-0.15, -0.1) is 0 Å². The van der Waals surface area contributed by atoms with Crippen LogP contribution in [-0.4, -0.2) is 18.6 Å². The number of nitrogens with one attached hydrogen (secondary N) is 1. The van der Waals surface area contributed by atoms with Crippen molar-refractivity contribution in [2.45, 2.75) is 33.2 Å². The summed E-state index contributed by atoms with van der Waals surface area (Å²) in [5, 5.41) is 2.86. The minimum atomic E-state index is 0.00784. The molecule has 1 aromatic carbocycles. The van der Waals surface area contributed by atoms with E-state index in [2.05, 4.69) is 5.32 Å². The second kappa shape index (κ2) is 6.16. The number of ether oxygens (including phenoxy) is 1. The Morgan fingerprint density at radius 1 is 1.50 bits per heavy atom. The minimum Gasteiger partial charge on any atom is -0.494 e. The van der Waals surface area contributed by atoms with Crippen LogP contribution < -0.4 is 10.1 Å². The zero-order chi connectivity index (χ0) is 12.0. The summed E-state index contributed by atoms with van der Waals surface area (Å²) >= 11 is 0. The standard InChI is InChI=1S/C13H19NO2/c1-4-16-13-7-5-6-12(9-13)8-10(2)14-11(3)15/h5-7,9-10H,4,8H2,1-3H3,(H,14,15). The first-order valence-electron chi connectivity index (χ1n) is 5.60. The molecule has 0 bridgehead atoms. The van der Waals surface area contributed by atoms with Crippen LogP contribution in [0.4, 0.5) is 0 Å². The molecular weight excluding hydrogens is 202 g/mol. The van der Waals surface area contributed by atoms with Gasteiger partial charge in [0.25, 0.3) is 0 Å². The van der Waals surface area contributed by atoms with E-state index in [0.29, 0.717) is 6.61 Å². The van der Waals surface area contributed by atoms with Gasteiger partial charge in [-0.05, 0) is 38.0 Å². The topological polar surface area (TPSA) is 38.3 Å². The fraction of sp³-hybridized carbons (Fsp3) is 0.462. The lowest BCUT2D eigenvalue weighted by Crippen LogP contribution is -2.31. The van der Waals surface area contributed by atoms with Crippen LogP contribution >= 0.6 is 0 Å². The van der Waals surface area contributed by atoms with E-state index in [1.807, 2.05) is 38.1 Å².